The molecule has 1 fully saturated rings. The molecule has 184 valence electrons. The molecule has 1 amide bonds. The van der Waals surface area contributed by atoms with Crippen molar-refractivity contribution in [3.05, 3.63) is 101 Å². The van der Waals surface area contributed by atoms with Crippen LogP contribution in [0.4, 0.5) is 5.69 Å². The molecule has 0 spiro atoms. The third-order valence-corrected chi connectivity index (χ3v) is 5.82. The van der Waals surface area contributed by atoms with E-state index in [2.05, 4.69) is 0 Å². The van der Waals surface area contributed by atoms with Crippen molar-refractivity contribution in [2.45, 2.75) is 19.9 Å². The van der Waals surface area contributed by atoms with Crippen molar-refractivity contribution in [2.24, 2.45) is 5.92 Å². The minimum atomic E-state index is -0.893. The number of hydrogen-bond acceptors (Lipinski definition) is 6. The molecule has 1 aliphatic heterocycles. The highest BCUT2D eigenvalue weighted by Crippen LogP contribution is 2.42. The van der Waals surface area contributed by atoms with Crippen LogP contribution in [0.2, 0.25) is 0 Å². The van der Waals surface area contributed by atoms with E-state index in [0.29, 0.717) is 35.1 Å². The van der Waals surface area contributed by atoms with E-state index in [1.54, 1.807) is 66.7 Å². The van der Waals surface area contributed by atoms with E-state index in [0.717, 1.165) is 0 Å². The van der Waals surface area contributed by atoms with Crippen molar-refractivity contribution in [3.63, 3.8) is 0 Å². The number of anilines is 1. The summed E-state index contributed by atoms with van der Waals surface area (Å²) in [7, 11) is 1.27. The fraction of sp³-hybridized carbons (Fsp3) is 0.207. The van der Waals surface area contributed by atoms with Crippen LogP contribution in [0.1, 0.15) is 41.4 Å². The van der Waals surface area contributed by atoms with Crippen molar-refractivity contribution >= 4 is 29.1 Å². The summed E-state index contributed by atoms with van der Waals surface area (Å²) >= 11 is 0. The minimum absolute atomic E-state index is 0.0366. The molecule has 1 unspecified atom stereocenters. The van der Waals surface area contributed by atoms with Gasteiger partial charge in [0.15, 0.2) is 0 Å². The standard InChI is InChI=1S/C29H27NO6/c1-18(2)17-36-23-14-12-20(13-15-23)26(31)24-25(19-8-5-4-6-9-19)30(28(33)27(24)32)22-11-7-10-21(16-22)29(34)35-3/h4-16,18,25,31H,17H2,1-3H3/b26-24+. The molecule has 36 heavy (non-hydrogen) atoms. The number of ketones is 1. The molecule has 7 heteroatoms. The second kappa shape index (κ2) is 10.5. The van der Waals surface area contributed by atoms with Crippen molar-refractivity contribution in [1.29, 1.82) is 0 Å². The molecule has 0 aromatic heterocycles. The van der Waals surface area contributed by atoms with Gasteiger partial charge in [0.25, 0.3) is 11.7 Å². The molecule has 4 rings (SSSR count). The predicted octanol–water partition coefficient (Wildman–Crippen LogP) is 5.13. The number of aliphatic hydroxyl groups is 1. The average Bonchev–Trinajstić information content (AvgIpc) is 3.17. The summed E-state index contributed by atoms with van der Waals surface area (Å²) in [6.07, 6.45) is 0. The Balaban J connectivity index is 1.81. The summed E-state index contributed by atoms with van der Waals surface area (Å²) in [6, 6.07) is 21.1. The maximum atomic E-state index is 13.3. The maximum absolute atomic E-state index is 13.3. The lowest BCUT2D eigenvalue weighted by molar-refractivity contribution is -0.132. The highest BCUT2D eigenvalue weighted by Gasteiger charge is 2.47. The van der Waals surface area contributed by atoms with Gasteiger partial charge in [-0.2, -0.15) is 0 Å². The van der Waals surface area contributed by atoms with Gasteiger partial charge in [-0.25, -0.2) is 4.79 Å². The number of carbonyl (C=O) groups is 3. The third-order valence-electron chi connectivity index (χ3n) is 5.82. The number of esters is 1. The lowest BCUT2D eigenvalue weighted by atomic mass is 9.95. The number of benzene rings is 3. The molecule has 3 aromatic carbocycles. The topological polar surface area (TPSA) is 93.1 Å². The highest BCUT2D eigenvalue weighted by atomic mass is 16.5. The lowest BCUT2D eigenvalue weighted by Gasteiger charge is -2.25. The molecule has 0 bridgehead atoms. The Morgan fingerprint density at radius 2 is 1.64 bits per heavy atom. The summed E-state index contributed by atoms with van der Waals surface area (Å²) in [5, 5.41) is 11.3. The van der Waals surface area contributed by atoms with Crippen LogP contribution in [0, 0.1) is 5.92 Å². The number of rotatable bonds is 7. The zero-order chi connectivity index (χ0) is 25.8. The molecule has 1 atom stereocenters. The maximum Gasteiger partial charge on any atom is 0.337 e. The van der Waals surface area contributed by atoms with Crippen LogP contribution >= 0.6 is 0 Å². The average molecular weight is 486 g/mol. The first kappa shape index (κ1) is 24.7. The van der Waals surface area contributed by atoms with Crippen molar-refractivity contribution in [3.8, 4) is 5.75 Å². The van der Waals surface area contributed by atoms with E-state index in [1.807, 2.05) is 19.9 Å². The molecule has 1 heterocycles. The SMILES string of the molecule is COC(=O)c1cccc(N2C(=O)C(=O)/C(=C(/O)c3ccc(OCC(C)C)cc3)C2c2ccccc2)c1. The fourth-order valence-corrected chi connectivity index (χ4v) is 4.08. The summed E-state index contributed by atoms with van der Waals surface area (Å²) in [5.41, 5.74) is 1.56. The number of Topliss-reactive ketones (excluding diaryl/α,β-unsaturated/α-hetero) is 1. The molecule has 0 radical (unpaired) electrons. The van der Waals surface area contributed by atoms with E-state index >= 15 is 0 Å². The van der Waals surface area contributed by atoms with Crippen LogP contribution in [0.3, 0.4) is 0 Å². The number of carbonyl (C=O) groups excluding carboxylic acids is 3. The fourth-order valence-electron chi connectivity index (χ4n) is 4.08. The van der Waals surface area contributed by atoms with E-state index in [9.17, 15) is 19.5 Å². The zero-order valence-electron chi connectivity index (χ0n) is 20.3. The number of methoxy groups -OCH3 is 1. The van der Waals surface area contributed by atoms with Gasteiger partial charge in [0.05, 0.1) is 30.9 Å². The van der Waals surface area contributed by atoms with Crippen LogP contribution in [-0.2, 0) is 14.3 Å². The predicted molar refractivity (Wildman–Crippen MR) is 136 cm³/mol. The quantitative estimate of drug-likeness (QED) is 0.216. The van der Waals surface area contributed by atoms with Gasteiger partial charge >= 0.3 is 5.97 Å². The van der Waals surface area contributed by atoms with Crippen molar-refractivity contribution in [1.82, 2.24) is 0 Å². The minimum Gasteiger partial charge on any atom is -0.507 e. The Labute approximate surface area is 209 Å². The van der Waals surface area contributed by atoms with Gasteiger partial charge < -0.3 is 14.6 Å². The van der Waals surface area contributed by atoms with Crippen LogP contribution in [0.25, 0.3) is 5.76 Å². The van der Waals surface area contributed by atoms with Crippen LogP contribution < -0.4 is 9.64 Å². The molecule has 3 aromatic rings. The van der Waals surface area contributed by atoms with Gasteiger partial charge in [-0.3, -0.25) is 14.5 Å². The van der Waals surface area contributed by atoms with E-state index < -0.39 is 23.7 Å². The van der Waals surface area contributed by atoms with Crippen molar-refractivity contribution < 1.29 is 29.0 Å². The lowest BCUT2D eigenvalue weighted by Crippen LogP contribution is -2.29. The molecular formula is C29H27NO6. The van der Waals surface area contributed by atoms with Gasteiger partial charge in [-0.1, -0.05) is 50.2 Å². The van der Waals surface area contributed by atoms with E-state index in [-0.39, 0.29) is 16.9 Å². The number of amides is 1. The Bertz CT molecular complexity index is 1310. The molecule has 1 saturated heterocycles. The number of aliphatic hydroxyl groups excluding tert-OH is 1. The Kier molecular flexibility index (Phi) is 7.20. The van der Waals surface area contributed by atoms with Gasteiger partial charge in [-0.05, 0) is 53.9 Å². The van der Waals surface area contributed by atoms with Crippen LogP contribution in [-0.4, -0.2) is 36.5 Å². The first-order valence-corrected chi connectivity index (χ1v) is 11.6. The van der Waals surface area contributed by atoms with Crippen LogP contribution in [0.5, 0.6) is 5.75 Å². The number of nitrogens with zero attached hydrogens (tertiary/aromatic N) is 1. The third kappa shape index (κ3) is 4.86. The van der Waals surface area contributed by atoms with Gasteiger partial charge in [-0.15, -0.1) is 0 Å². The molecule has 1 aliphatic rings. The Morgan fingerprint density at radius 3 is 2.28 bits per heavy atom. The normalized spacial score (nSPS) is 16.9. The number of ether oxygens (including phenoxy) is 2. The molecule has 0 aliphatic carbocycles. The molecule has 7 nitrogen and oxygen atoms in total. The summed E-state index contributed by atoms with van der Waals surface area (Å²) in [4.78, 5) is 40.0. The second-order valence-electron chi connectivity index (χ2n) is 8.85. The Hall–Kier alpha value is -4.39. The summed E-state index contributed by atoms with van der Waals surface area (Å²) in [6.45, 7) is 4.64. The molecular weight excluding hydrogens is 458 g/mol. The van der Waals surface area contributed by atoms with Gasteiger partial charge in [0.2, 0.25) is 0 Å². The first-order valence-electron chi connectivity index (χ1n) is 11.6. The van der Waals surface area contributed by atoms with Gasteiger partial charge in [0.1, 0.15) is 11.5 Å². The largest absolute Gasteiger partial charge is 0.507 e. The zero-order valence-corrected chi connectivity index (χ0v) is 20.3. The Morgan fingerprint density at radius 1 is 0.944 bits per heavy atom. The summed E-state index contributed by atoms with van der Waals surface area (Å²) < 4.78 is 10.5. The monoisotopic (exact) mass is 485 g/mol. The second-order valence-corrected chi connectivity index (χ2v) is 8.85. The van der Waals surface area contributed by atoms with E-state index in [4.69, 9.17) is 9.47 Å². The van der Waals surface area contributed by atoms with Gasteiger partial charge in [0, 0.05) is 11.3 Å². The van der Waals surface area contributed by atoms with Crippen molar-refractivity contribution in [2.75, 3.05) is 18.6 Å². The highest BCUT2D eigenvalue weighted by molar-refractivity contribution is 6.51. The van der Waals surface area contributed by atoms with Crippen LogP contribution in [0.15, 0.2) is 84.4 Å². The smallest absolute Gasteiger partial charge is 0.337 e. The molecule has 0 saturated carbocycles. The first-order chi connectivity index (χ1) is 17.3. The van der Waals surface area contributed by atoms with E-state index in [1.165, 1.54) is 18.1 Å². The number of hydrogen-bond donors (Lipinski definition) is 1. The summed E-state index contributed by atoms with van der Waals surface area (Å²) in [5.74, 6) is -1.47. The molecule has 1 N–H and O–H groups in total.